The summed E-state index contributed by atoms with van der Waals surface area (Å²) in [7, 11) is 0. The van der Waals surface area contributed by atoms with Crippen LogP contribution in [0.1, 0.15) is 39.0 Å². The van der Waals surface area contributed by atoms with Gasteiger partial charge in [0.05, 0.1) is 5.92 Å². The Labute approximate surface area is 83.8 Å². The van der Waals surface area contributed by atoms with Crippen molar-refractivity contribution in [3.05, 3.63) is 10.1 Å². The smallest absolute Gasteiger partial charge is 0.213 e. The van der Waals surface area contributed by atoms with E-state index in [1.807, 2.05) is 0 Å². The number of nitro groups is 1. The number of Topliss-reactive ketones (excluding diaryl/α,β-unsaturated/α-hetero) is 1. The Morgan fingerprint density at radius 1 is 1.43 bits per heavy atom. The van der Waals surface area contributed by atoms with E-state index in [0.717, 1.165) is 25.7 Å². The predicted octanol–water partition coefficient (Wildman–Crippen LogP) is 2.05. The highest BCUT2D eigenvalue weighted by Crippen LogP contribution is 2.30. The minimum absolute atomic E-state index is 0.0198. The normalized spacial score (nSPS) is 20.4. The Balaban J connectivity index is 2.56. The summed E-state index contributed by atoms with van der Waals surface area (Å²) in [6, 6.07) is 0. The number of carbonyl (C=O) groups excluding carboxylic acids is 1. The van der Waals surface area contributed by atoms with E-state index in [0.29, 0.717) is 0 Å². The van der Waals surface area contributed by atoms with Gasteiger partial charge in [-0.2, -0.15) is 0 Å². The highest BCUT2D eigenvalue weighted by Gasteiger charge is 2.30. The van der Waals surface area contributed by atoms with Crippen LogP contribution in [0.3, 0.4) is 0 Å². The summed E-state index contributed by atoms with van der Waals surface area (Å²) in [5.41, 5.74) is 0. The molecule has 1 atom stereocenters. The van der Waals surface area contributed by atoms with E-state index in [9.17, 15) is 14.9 Å². The molecule has 1 aliphatic rings. The first-order chi connectivity index (χ1) is 6.61. The molecule has 0 N–H and O–H groups in total. The Bertz CT molecular complexity index is 221. The topological polar surface area (TPSA) is 60.2 Å². The van der Waals surface area contributed by atoms with Crippen molar-refractivity contribution in [2.45, 2.75) is 39.0 Å². The Morgan fingerprint density at radius 2 is 2.00 bits per heavy atom. The first-order valence-corrected chi connectivity index (χ1v) is 5.23. The van der Waals surface area contributed by atoms with Gasteiger partial charge in [0.25, 0.3) is 0 Å². The fourth-order valence-corrected chi connectivity index (χ4v) is 2.31. The van der Waals surface area contributed by atoms with Crippen LogP contribution in [0.2, 0.25) is 0 Å². The molecule has 1 saturated carbocycles. The van der Waals surface area contributed by atoms with Crippen molar-refractivity contribution in [2.75, 3.05) is 6.54 Å². The number of rotatable bonds is 4. The Morgan fingerprint density at radius 3 is 2.43 bits per heavy atom. The first kappa shape index (κ1) is 11.1. The van der Waals surface area contributed by atoms with Crippen molar-refractivity contribution in [2.24, 2.45) is 11.8 Å². The molecule has 0 aliphatic heterocycles. The number of hydrogen-bond acceptors (Lipinski definition) is 3. The van der Waals surface area contributed by atoms with E-state index in [2.05, 4.69) is 0 Å². The van der Waals surface area contributed by atoms with Crippen LogP contribution in [0.4, 0.5) is 0 Å². The zero-order valence-electron chi connectivity index (χ0n) is 8.57. The van der Waals surface area contributed by atoms with Crippen molar-refractivity contribution < 1.29 is 9.72 Å². The third kappa shape index (κ3) is 3.09. The third-order valence-electron chi connectivity index (χ3n) is 3.09. The highest BCUT2D eigenvalue weighted by atomic mass is 16.6. The van der Waals surface area contributed by atoms with E-state index >= 15 is 0 Å². The lowest BCUT2D eigenvalue weighted by Crippen LogP contribution is -2.30. The van der Waals surface area contributed by atoms with E-state index in [1.165, 1.54) is 13.3 Å². The number of hydrogen-bond donors (Lipinski definition) is 0. The maximum absolute atomic E-state index is 11.3. The third-order valence-corrected chi connectivity index (χ3v) is 3.09. The minimum Gasteiger partial charge on any atom is -0.299 e. The number of carbonyl (C=O) groups is 1. The summed E-state index contributed by atoms with van der Waals surface area (Å²) in [5, 5.41) is 10.4. The van der Waals surface area contributed by atoms with Gasteiger partial charge in [-0.15, -0.1) is 0 Å². The summed E-state index contributed by atoms with van der Waals surface area (Å²) in [5.74, 6) is -0.106. The van der Waals surface area contributed by atoms with Gasteiger partial charge < -0.3 is 0 Å². The molecule has 0 heterocycles. The van der Waals surface area contributed by atoms with Crippen molar-refractivity contribution in [3.63, 3.8) is 0 Å². The SMILES string of the molecule is CC(=O)C(C[N+](=O)[O-])C1CCCCC1. The van der Waals surface area contributed by atoms with Gasteiger partial charge in [-0.05, 0) is 25.7 Å². The van der Waals surface area contributed by atoms with Gasteiger partial charge in [0.15, 0.2) is 0 Å². The fourth-order valence-electron chi connectivity index (χ4n) is 2.31. The molecule has 4 heteroatoms. The number of ketones is 1. The molecular formula is C10H17NO3. The second-order valence-electron chi connectivity index (χ2n) is 4.13. The minimum atomic E-state index is -0.360. The molecule has 0 aromatic heterocycles. The lowest BCUT2D eigenvalue weighted by atomic mass is 9.78. The summed E-state index contributed by atoms with van der Waals surface area (Å²) < 4.78 is 0. The Kier molecular flexibility index (Phi) is 4.04. The summed E-state index contributed by atoms with van der Waals surface area (Å²) >= 11 is 0. The molecular weight excluding hydrogens is 182 g/mol. The molecule has 80 valence electrons. The molecule has 14 heavy (non-hydrogen) atoms. The van der Waals surface area contributed by atoms with Crippen LogP contribution in [-0.2, 0) is 4.79 Å². The van der Waals surface area contributed by atoms with Gasteiger partial charge in [0.1, 0.15) is 5.78 Å². The van der Waals surface area contributed by atoms with Gasteiger partial charge in [0, 0.05) is 4.92 Å². The second-order valence-corrected chi connectivity index (χ2v) is 4.13. The zero-order chi connectivity index (χ0) is 10.6. The van der Waals surface area contributed by atoms with Crippen LogP contribution in [-0.4, -0.2) is 17.3 Å². The van der Waals surface area contributed by atoms with Crippen LogP contribution in [0.15, 0.2) is 0 Å². The quantitative estimate of drug-likeness (QED) is 0.514. The molecule has 1 fully saturated rings. The van der Waals surface area contributed by atoms with Crippen LogP contribution in [0.5, 0.6) is 0 Å². The van der Waals surface area contributed by atoms with E-state index < -0.39 is 0 Å². The average Bonchev–Trinajstić information content (AvgIpc) is 2.15. The monoisotopic (exact) mass is 199 g/mol. The molecule has 0 aromatic carbocycles. The zero-order valence-corrected chi connectivity index (χ0v) is 8.57. The molecule has 1 unspecified atom stereocenters. The van der Waals surface area contributed by atoms with Crippen molar-refractivity contribution in [1.29, 1.82) is 0 Å². The molecule has 4 nitrogen and oxygen atoms in total. The highest BCUT2D eigenvalue weighted by molar-refractivity contribution is 5.78. The second kappa shape index (κ2) is 5.08. The summed E-state index contributed by atoms with van der Waals surface area (Å²) in [4.78, 5) is 21.3. The largest absolute Gasteiger partial charge is 0.299 e. The molecule has 1 aliphatic carbocycles. The lowest BCUT2D eigenvalue weighted by Gasteiger charge is -2.25. The molecule has 0 saturated heterocycles. The predicted molar refractivity (Wildman–Crippen MR) is 52.6 cm³/mol. The van der Waals surface area contributed by atoms with Gasteiger partial charge in [-0.1, -0.05) is 19.3 Å². The van der Waals surface area contributed by atoms with Crippen molar-refractivity contribution >= 4 is 5.78 Å². The molecule has 0 spiro atoms. The Hall–Kier alpha value is -0.930. The molecule has 0 amide bonds. The summed E-state index contributed by atoms with van der Waals surface area (Å²) in [6.07, 6.45) is 5.41. The summed E-state index contributed by atoms with van der Waals surface area (Å²) in [6.45, 7) is 1.29. The number of nitrogens with zero attached hydrogens (tertiary/aromatic N) is 1. The van der Waals surface area contributed by atoms with Crippen molar-refractivity contribution in [1.82, 2.24) is 0 Å². The lowest BCUT2D eigenvalue weighted by molar-refractivity contribution is -0.487. The van der Waals surface area contributed by atoms with E-state index in [-0.39, 0.29) is 29.1 Å². The average molecular weight is 199 g/mol. The van der Waals surface area contributed by atoms with Crippen LogP contribution < -0.4 is 0 Å². The maximum Gasteiger partial charge on any atom is 0.213 e. The van der Waals surface area contributed by atoms with Gasteiger partial charge in [-0.25, -0.2) is 0 Å². The van der Waals surface area contributed by atoms with Crippen molar-refractivity contribution in [3.8, 4) is 0 Å². The van der Waals surface area contributed by atoms with Gasteiger partial charge >= 0.3 is 0 Å². The first-order valence-electron chi connectivity index (χ1n) is 5.23. The molecule has 0 aromatic rings. The maximum atomic E-state index is 11.3. The standard InChI is InChI=1S/C10H17NO3/c1-8(12)10(7-11(13)14)9-5-3-2-4-6-9/h9-10H,2-7H2,1H3. The van der Waals surface area contributed by atoms with Crippen LogP contribution >= 0.6 is 0 Å². The molecule has 0 radical (unpaired) electrons. The molecule has 0 bridgehead atoms. The fraction of sp³-hybridized carbons (Fsp3) is 0.900. The molecule has 1 rings (SSSR count). The van der Waals surface area contributed by atoms with E-state index in [1.54, 1.807) is 0 Å². The van der Waals surface area contributed by atoms with Crippen LogP contribution in [0.25, 0.3) is 0 Å². The van der Waals surface area contributed by atoms with E-state index in [4.69, 9.17) is 0 Å². The van der Waals surface area contributed by atoms with Gasteiger partial charge in [-0.3, -0.25) is 14.9 Å². The van der Waals surface area contributed by atoms with Crippen LogP contribution in [0, 0.1) is 22.0 Å². The van der Waals surface area contributed by atoms with Gasteiger partial charge in [0.2, 0.25) is 6.54 Å².